The van der Waals surface area contributed by atoms with Crippen LogP contribution in [-0.4, -0.2) is 15.7 Å². The molecule has 1 fully saturated rings. The molecule has 1 aliphatic carbocycles. The number of anilines is 1. The zero-order valence-electron chi connectivity index (χ0n) is 9.51. The third kappa shape index (κ3) is 2.50. The molecular formula is C11H14F3N3. The summed E-state index contributed by atoms with van der Waals surface area (Å²) in [6.07, 6.45) is -0.270. The van der Waals surface area contributed by atoms with Crippen LogP contribution < -0.4 is 5.32 Å². The Balaban J connectivity index is 2.08. The van der Waals surface area contributed by atoms with Crippen LogP contribution in [0.15, 0.2) is 12.1 Å². The monoisotopic (exact) mass is 245 g/mol. The summed E-state index contributed by atoms with van der Waals surface area (Å²) in [5, 5.41) is 9.95. The maximum atomic E-state index is 12.3. The Morgan fingerprint density at radius 3 is 2.35 bits per heavy atom. The normalized spacial score (nSPS) is 18.6. The SMILES string of the molecule is CCC1(Nc2ccc(C(F)(F)F)nn2)CCC1. The second kappa shape index (κ2) is 4.16. The van der Waals surface area contributed by atoms with Gasteiger partial charge in [0.2, 0.25) is 0 Å². The largest absolute Gasteiger partial charge is 0.435 e. The fourth-order valence-corrected chi connectivity index (χ4v) is 1.99. The zero-order valence-corrected chi connectivity index (χ0v) is 9.51. The number of alkyl halides is 3. The predicted octanol–water partition coefficient (Wildman–Crippen LogP) is 3.24. The molecule has 1 N–H and O–H groups in total. The molecule has 94 valence electrons. The van der Waals surface area contributed by atoms with Gasteiger partial charge in [-0.15, -0.1) is 10.2 Å². The van der Waals surface area contributed by atoms with Crippen LogP contribution in [-0.2, 0) is 6.18 Å². The first-order valence-corrected chi connectivity index (χ1v) is 5.64. The van der Waals surface area contributed by atoms with Gasteiger partial charge in [0.05, 0.1) is 0 Å². The average Bonchev–Trinajstić information content (AvgIpc) is 2.23. The zero-order chi connectivity index (χ0) is 12.5. The van der Waals surface area contributed by atoms with E-state index in [2.05, 4.69) is 22.4 Å². The van der Waals surface area contributed by atoms with Gasteiger partial charge in [0.1, 0.15) is 5.82 Å². The second-order valence-electron chi connectivity index (χ2n) is 4.41. The van der Waals surface area contributed by atoms with Crippen molar-refractivity contribution in [2.75, 3.05) is 5.32 Å². The molecule has 6 heteroatoms. The number of hydrogen-bond acceptors (Lipinski definition) is 3. The van der Waals surface area contributed by atoms with Crippen LogP contribution in [0.4, 0.5) is 19.0 Å². The molecule has 2 rings (SSSR count). The standard InChI is InChI=1S/C11H14F3N3/c1-2-10(6-3-7-10)15-9-5-4-8(16-17-9)11(12,13)14/h4-5H,2-3,6-7H2,1H3,(H,15,17). The molecule has 0 aliphatic heterocycles. The Morgan fingerprint density at radius 2 is 2.00 bits per heavy atom. The summed E-state index contributed by atoms with van der Waals surface area (Å²) < 4.78 is 36.8. The molecule has 1 heterocycles. The summed E-state index contributed by atoms with van der Waals surface area (Å²) in [6.45, 7) is 2.06. The average molecular weight is 245 g/mol. The molecule has 1 aromatic heterocycles. The van der Waals surface area contributed by atoms with Crippen LogP contribution >= 0.6 is 0 Å². The fourth-order valence-electron chi connectivity index (χ4n) is 1.99. The van der Waals surface area contributed by atoms with Gasteiger partial charge >= 0.3 is 6.18 Å². The Hall–Kier alpha value is -1.33. The maximum absolute atomic E-state index is 12.3. The molecule has 0 aromatic carbocycles. The van der Waals surface area contributed by atoms with E-state index in [-0.39, 0.29) is 5.54 Å². The molecule has 1 aromatic rings. The Morgan fingerprint density at radius 1 is 1.29 bits per heavy atom. The lowest BCUT2D eigenvalue weighted by atomic mass is 9.75. The van der Waals surface area contributed by atoms with Crippen LogP contribution in [0.1, 0.15) is 38.3 Å². The smallest absolute Gasteiger partial charge is 0.363 e. The fraction of sp³-hybridized carbons (Fsp3) is 0.636. The van der Waals surface area contributed by atoms with Gasteiger partial charge in [0.25, 0.3) is 0 Å². The first-order valence-electron chi connectivity index (χ1n) is 5.64. The topological polar surface area (TPSA) is 37.8 Å². The first kappa shape index (κ1) is 12.1. The molecule has 3 nitrogen and oxygen atoms in total. The number of halogens is 3. The number of rotatable bonds is 3. The minimum Gasteiger partial charge on any atom is -0.363 e. The molecule has 0 amide bonds. The van der Waals surface area contributed by atoms with Gasteiger partial charge < -0.3 is 5.32 Å². The van der Waals surface area contributed by atoms with Gasteiger partial charge in [-0.1, -0.05) is 6.92 Å². The molecule has 1 saturated carbocycles. The highest BCUT2D eigenvalue weighted by atomic mass is 19.4. The van der Waals surface area contributed by atoms with Crippen molar-refractivity contribution in [3.63, 3.8) is 0 Å². The highest BCUT2D eigenvalue weighted by molar-refractivity contribution is 5.38. The summed E-state index contributed by atoms with van der Waals surface area (Å²) >= 11 is 0. The Bertz CT molecular complexity index is 376. The van der Waals surface area contributed by atoms with Crippen LogP contribution in [0, 0.1) is 0 Å². The summed E-state index contributed by atoms with van der Waals surface area (Å²) in [5.41, 5.74) is -0.948. The summed E-state index contributed by atoms with van der Waals surface area (Å²) in [4.78, 5) is 0. The number of aromatic nitrogens is 2. The van der Waals surface area contributed by atoms with Crippen LogP contribution in [0.2, 0.25) is 0 Å². The Kier molecular flexibility index (Phi) is 2.97. The summed E-state index contributed by atoms with van der Waals surface area (Å²) in [6, 6.07) is 2.29. The van der Waals surface area contributed by atoms with Gasteiger partial charge in [-0.05, 0) is 37.8 Å². The van der Waals surface area contributed by atoms with Crippen molar-refractivity contribution in [1.29, 1.82) is 0 Å². The predicted molar refractivity (Wildman–Crippen MR) is 57.5 cm³/mol. The minimum atomic E-state index is -4.43. The van der Waals surface area contributed by atoms with Crippen molar-refractivity contribution in [3.8, 4) is 0 Å². The number of hydrogen-bond donors (Lipinski definition) is 1. The molecule has 0 saturated heterocycles. The Labute approximate surface area is 97.4 Å². The van der Waals surface area contributed by atoms with Crippen molar-refractivity contribution < 1.29 is 13.2 Å². The van der Waals surface area contributed by atoms with Crippen molar-refractivity contribution in [2.24, 2.45) is 0 Å². The highest BCUT2D eigenvalue weighted by Crippen LogP contribution is 2.37. The molecule has 0 unspecified atom stereocenters. The van der Waals surface area contributed by atoms with E-state index in [0.717, 1.165) is 31.7 Å². The van der Waals surface area contributed by atoms with Gasteiger partial charge in [0, 0.05) is 5.54 Å². The molecule has 0 radical (unpaired) electrons. The van der Waals surface area contributed by atoms with E-state index >= 15 is 0 Å². The van der Waals surface area contributed by atoms with Crippen molar-refractivity contribution in [1.82, 2.24) is 10.2 Å². The molecule has 0 atom stereocenters. The minimum absolute atomic E-state index is 0.00836. The highest BCUT2D eigenvalue weighted by Gasteiger charge is 2.36. The van der Waals surface area contributed by atoms with Gasteiger partial charge in [-0.25, -0.2) is 0 Å². The third-order valence-corrected chi connectivity index (χ3v) is 3.34. The van der Waals surface area contributed by atoms with Crippen molar-refractivity contribution in [3.05, 3.63) is 17.8 Å². The summed E-state index contributed by atoms with van der Waals surface area (Å²) in [7, 11) is 0. The molecule has 0 bridgehead atoms. The van der Waals surface area contributed by atoms with E-state index in [9.17, 15) is 13.2 Å². The van der Waals surface area contributed by atoms with E-state index < -0.39 is 11.9 Å². The molecule has 17 heavy (non-hydrogen) atoms. The van der Waals surface area contributed by atoms with Crippen LogP contribution in [0.25, 0.3) is 0 Å². The molecular weight excluding hydrogens is 231 g/mol. The van der Waals surface area contributed by atoms with E-state index in [1.54, 1.807) is 0 Å². The van der Waals surface area contributed by atoms with E-state index in [1.807, 2.05) is 0 Å². The van der Waals surface area contributed by atoms with Crippen LogP contribution in [0.5, 0.6) is 0 Å². The van der Waals surface area contributed by atoms with Crippen molar-refractivity contribution >= 4 is 5.82 Å². The lowest BCUT2D eigenvalue weighted by molar-refractivity contribution is -0.141. The van der Waals surface area contributed by atoms with Gasteiger partial charge in [-0.2, -0.15) is 13.2 Å². The number of nitrogens with one attached hydrogen (secondary N) is 1. The third-order valence-electron chi connectivity index (χ3n) is 3.34. The molecule has 0 spiro atoms. The van der Waals surface area contributed by atoms with E-state index in [0.29, 0.717) is 5.82 Å². The number of nitrogens with zero attached hydrogens (tertiary/aromatic N) is 2. The van der Waals surface area contributed by atoms with E-state index in [4.69, 9.17) is 0 Å². The van der Waals surface area contributed by atoms with Crippen molar-refractivity contribution in [2.45, 2.75) is 44.3 Å². The lowest BCUT2D eigenvalue weighted by Crippen LogP contribution is -2.44. The second-order valence-corrected chi connectivity index (χ2v) is 4.41. The quantitative estimate of drug-likeness (QED) is 0.888. The summed E-state index contributed by atoms with van der Waals surface area (Å²) in [5.74, 6) is 0.416. The van der Waals surface area contributed by atoms with Gasteiger partial charge in [-0.3, -0.25) is 0 Å². The van der Waals surface area contributed by atoms with E-state index in [1.165, 1.54) is 6.07 Å². The van der Waals surface area contributed by atoms with Gasteiger partial charge in [0.15, 0.2) is 5.69 Å². The lowest BCUT2D eigenvalue weighted by Gasteiger charge is -2.42. The first-order chi connectivity index (χ1) is 7.95. The maximum Gasteiger partial charge on any atom is 0.435 e. The molecule has 1 aliphatic rings. The van der Waals surface area contributed by atoms with Crippen LogP contribution in [0.3, 0.4) is 0 Å².